The lowest BCUT2D eigenvalue weighted by Crippen LogP contribution is -2.41. The summed E-state index contributed by atoms with van der Waals surface area (Å²) in [5.41, 5.74) is 0. The Morgan fingerprint density at radius 1 is 0.644 bits per heavy atom. The highest BCUT2D eigenvalue weighted by Crippen LogP contribution is 2.15. The highest BCUT2D eigenvalue weighted by Gasteiger charge is 2.25. The molecule has 2 atom stereocenters. The molecule has 45 heavy (non-hydrogen) atoms. The van der Waals surface area contributed by atoms with E-state index in [1.165, 1.54) is 0 Å². The van der Waals surface area contributed by atoms with Crippen molar-refractivity contribution in [2.75, 3.05) is 12.3 Å². The minimum Gasteiger partial charge on any atom is -0.481 e. The Hall–Kier alpha value is -3.89. The number of hydrogen-bond acceptors (Lipinski definition) is 10. The summed E-state index contributed by atoms with van der Waals surface area (Å²) in [4.78, 5) is 93.4. The van der Waals surface area contributed by atoms with Crippen LogP contribution in [0.2, 0.25) is 0 Å². The molecule has 0 spiro atoms. The largest absolute Gasteiger partial charge is 0.481 e. The number of unbranched alkanes of at least 4 members (excludes halogenated alkanes) is 1. The SMILES string of the molecule is CCCCC(=O)CC[C@H](NC(=O)CC[C@H](CC(=O)CCCNC(=O)CCCS(=O)(=O)NC(=O)CCCC(=O)O)C(=O)O)C(=O)O. The molecule has 0 aromatic carbocycles. The molecule has 3 amide bonds. The van der Waals surface area contributed by atoms with Crippen LogP contribution < -0.4 is 15.4 Å². The van der Waals surface area contributed by atoms with Crippen LogP contribution in [-0.4, -0.2) is 89.3 Å². The van der Waals surface area contributed by atoms with Crippen LogP contribution in [0.4, 0.5) is 0 Å². The van der Waals surface area contributed by atoms with E-state index < -0.39 is 69.1 Å². The molecule has 0 saturated heterocycles. The van der Waals surface area contributed by atoms with Crippen molar-refractivity contribution in [1.82, 2.24) is 15.4 Å². The summed E-state index contributed by atoms with van der Waals surface area (Å²) in [5.74, 6) is -7.99. The van der Waals surface area contributed by atoms with Gasteiger partial charge in [-0.15, -0.1) is 0 Å². The van der Waals surface area contributed by atoms with Crippen molar-refractivity contribution in [2.45, 2.75) is 109 Å². The minimum absolute atomic E-state index is 0.00960. The molecule has 6 N–H and O–H groups in total. The third kappa shape index (κ3) is 22.3. The first-order valence-electron chi connectivity index (χ1n) is 14.9. The average molecular weight is 664 g/mol. The molecule has 16 nitrogen and oxygen atoms in total. The number of sulfonamides is 1. The number of ketones is 2. The van der Waals surface area contributed by atoms with E-state index in [0.29, 0.717) is 12.8 Å². The Kier molecular flexibility index (Phi) is 20.6. The fourth-order valence-corrected chi connectivity index (χ4v) is 5.10. The Morgan fingerprint density at radius 3 is 1.89 bits per heavy atom. The quantitative estimate of drug-likeness (QED) is 0.0668. The average Bonchev–Trinajstić information content (AvgIpc) is 2.93. The van der Waals surface area contributed by atoms with E-state index in [-0.39, 0.29) is 89.4 Å². The molecule has 0 aliphatic carbocycles. The zero-order chi connectivity index (χ0) is 34.4. The number of amides is 3. The van der Waals surface area contributed by atoms with E-state index in [1.54, 1.807) is 4.72 Å². The van der Waals surface area contributed by atoms with Gasteiger partial charge in [-0.25, -0.2) is 13.2 Å². The van der Waals surface area contributed by atoms with Crippen LogP contribution in [0.3, 0.4) is 0 Å². The van der Waals surface area contributed by atoms with Crippen LogP contribution in [0.25, 0.3) is 0 Å². The van der Waals surface area contributed by atoms with Crippen molar-refractivity contribution in [3.05, 3.63) is 0 Å². The predicted molar refractivity (Wildman–Crippen MR) is 158 cm³/mol. The summed E-state index contributed by atoms with van der Waals surface area (Å²) < 4.78 is 25.6. The molecular weight excluding hydrogens is 618 g/mol. The fourth-order valence-electron chi connectivity index (χ4n) is 4.02. The number of aliphatic carboxylic acids is 3. The number of carboxylic acids is 3. The maximum absolute atomic E-state index is 12.3. The van der Waals surface area contributed by atoms with Crippen molar-refractivity contribution in [3.63, 3.8) is 0 Å². The van der Waals surface area contributed by atoms with E-state index in [0.717, 1.165) is 6.42 Å². The second-order valence-electron chi connectivity index (χ2n) is 10.6. The molecule has 17 heteroatoms. The Labute approximate surface area is 262 Å². The van der Waals surface area contributed by atoms with Crippen LogP contribution >= 0.6 is 0 Å². The van der Waals surface area contributed by atoms with E-state index in [4.69, 9.17) is 5.11 Å². The molecule has 0 aromatic rings. The smallest absolute Gasteiger partial charge is 0.326 e. The summed E-state index contributed by atoms with van der Waals surface area (Å²) in [5, 5.41) is 32.1. The highest BCUT2D eigenvalue weighted by molar-refractivity contribution is 7.90. The van der Waals surface area contributed by atoms with Crippen LogP contribution in [-0.2, 0) is 48.4 Å². The number of Topliss-reactive ketones (excluding diaryl/α,β-unsaturated/α-hetero) is 2. The van der Waals surface area contributed by atoms with Crippen LogP contribution in [0.15, 0.2) is 0 Å². The molecule has 0 radical (unpaired) electrons. The number of carbonyl (C=O) groups is 8. The lowest BCUT2D eigenvalue weighted by atomic mass is 9.95. The van der Waals surface area contributed by atoms with Gasteiger partial charge in [-0.1, -0.05) is 13.3 Å². The number of carbonyl (C=O) groups excluding carboxylic acids is 5. The third-order valence-corrected chi connectivity index (χ3v) is 7.90. The molecule has 0 fully saturated rings. The fraction of sp³-hybridized carbons (Fsp3) is 0.714. The van der Waals surface area contributed by atoms with Gasteiger partial charge >= 0.3 is 17.9 Å². The zero-order valence-electron chi connectivity index (χ0n) is 25.5. The van der Waals surface area contributed by atoms with Crippen molar-refractivity contribution in [3.8, 4) is 0 Å². The lowest BCUT2D eigenvalue weighted by Gasteiger charge is -2.16. The van der Waals surface area contributed by atoms with E-state index in [1.807, 2.05) is 6.92 Å². The molecule has 0 bridgehead atoms. The van der Waals surface area contributed by atoms with Gasteiger partial charge in [0.1, 0.15) is 17.6 Å². The van der Waals surface area contributed by atoms with Gasteiger partial charge in [0.2, 0.25) is 27.7 Å². The van der Waals surface area contributed by atoms with Gasteiger partial charge in [-0.3, -0.25) is 38.3 Å². The monoisotopic (exact) mass is 663 g/mol. The molecule has 0 saturated carbocycles. The Balaban J connectivity index is 4.39. The van der Waals surface area contributed by atoms with Gasteiger partial charge < -0.3 is 26.0 Å². The summed E-state index contributed by atoms with van der Waals surface area (Å²) in [7, 11) is -3.99. The Morgan fingerprint density at radius 2 is 1.29 bits per heavy atom. The molecule has 0 aliphatic rings. The number of rotatable bonds is 27. The maximum atomic E-state index is 12.3. The van der Waals surface area contributed by atoms with Crippen molar-refractivity contribution in [2.24, 2.45) is 5.92 Å². The molecule has 0 aliphatic heterocycles. The maximum Gasteiger partial charge on any atom is 0.326 e. The first-order chi connectivity index (χ1) is 21.1. The van der Waals surface area contributed by atoms with Crippen LogP contribution in [0, 0.1) is 5.92 Å². The summed E-state index contributed by atoms with van der Waals surface area (Å²) in [6, 6.07) is -1.30. The molecule has 0 aromatic heterocycles. The molecular formula is C28H45N3O13S. The van der Waals surface area contributed by atoms with E-state index in [9.17, 15) is 57.0 Å². The molecule has 256 valence electrons. The van der Waals surface area contributed by atoms with Crippen molar-refractivity contribution in [1.29, 1.82) is 0 Å². The Bertz CT molecular complexity index is 1150. The third-order valence-electron chi connectivity index (χ3n) is 6.53. The summed E-state index contributed by atoms with van der Waals surface area (Å²) in [6.07, 6.45) is 0.0860. The van der Waals surface area contributed by atoms with Gasteiger partial charge in [0, 0.05) is 57.9 Å². The standard InChI is InChI=1S/C28H45N3O13S/c1-2-3-7-20(32)13-14-22(28(41)42)30-24(35)15-12-19(27(39)40)18-21(33)8-5-16-29-23(34)10-6-17-45(43,44)31-25(36)9-4-11-26(37)38/h19,22H,2-18H2,1H3,(H,29,34)(H,30,35)(H,31,36)(H,37,38)(H,39,40)(H,41,42)/t19-,22+/m1/s1. The molecule has 0 unspecified atom stereocenters. The van der Waals surface area contributed by atoms with Crippen LogP contribution in [0.5, 0.6) is 0 Å². The predicted octanol–water partition coefficient (Wildman–Crippen LogP) is 0.913. The normalized spacial score (nSPS) is 12.4. The second-order valence-corrected chi connectivity index (χ2v) is 12.4. The zero-order valence-corrected chi connectivity index (χ0v) is 26.3. The van der Waals surface area contributed by atoms with Crippen LogP contribution in [0.1, 0.15) is 103 Å². The molecule has 0 heterocycles. The van der Waals surface area contributed by atoms with E-state index in [2.05, 4.69) is 10.6 Å². The van der Waals surface area contributed by atoms with Crippen molar-refractivity contribution >= 4 is 57.2 Å². The molecule has 0 rings (SSSR count). The first-order valence-corrected chi connectivity index (χ1v) is 16.5. The van der Waals surface area contributed by atoms with Gasteiger partial charge in [0.15, 0.2) is 0 Å². The number of carboxylic acid groups (broad SMARTS) is 3. The summed E-state index contributed by atoms with van der Waals surface area (Å²) in [6.45, 7) is 1.98. The highest BCUT2D eigenvalue weighted by atomic mass is 32.2. The lowest BCUT2D eigenvalue weighted by molar-refractivity contribution is -0.145. The number of hydrogen-bond donors (Lipinski definition) is 6. The van der Waals surface area contributed by atoms with Gasteiger partial charge in [-0.2, -0.15) is 0 Å². The topological polar surface area (TPSA) is 267 Å². The number of nitrogens with one attached hydrogen (secondary N) is 3. The van der Waals surface area contributed by atoms with Gasteiger partial charge in [0.05, 0.1) is 11.7 Å². The first kappa shape index (κ1) is 41.1. The minimum atomic E-state index is -3.99. The second kappa shape index (κ2) is 22.6. The van der Waals surface area contributed by atoms with Crippen molar-refractivity contribution < 1.29 is 62.1 Å². The van der Waals surface area contributed by atoms with Gasteiger partial charge in [0.25, 0.3) is 0 Å². The van der Waals surface area contributed by atoms with Gasteiger partial charge in [-0.05, 0) is 38.5 Å². The summed E-state index contributed by atoms with van der Waals surface area (Å²) >= 11 is 0. The van der Waals surface area contributed by atoms with E-state index >= 15 is 0 Å².